The predicted octanol–water partition coefficient (Wildman–Crippen LogP) is 4.22. The zero-order chi connectivity index (χ0) is 21.9. The van der Waals surface area contributed by atoms with Gasteiger partial charge in [-0.1, -0.05) is 20.8 Å². The van der Waals surface area contributed by atoms with Crippen LogP contribution in [0.5, 0.6) is 11.5 Å². The molecule has 6 heteroatoms. The number of likely N-dealkylation sites (tertiary alicyclic amines) is 1. The first kappa shape index (κ1) is 22.2. The van der Waals surface area contributed by atoms with Crippen LogP contribution in [-0.4, -0.2) is 47.9 Å². The lowest BCUT2D eigenvalue weighted by Gasteiger charge is -2.32. The molecular weight excluding hydrogens is 378 g/mol. The second kappa shape index (κ2) is 9.11. The summed E-state index contributed by atoms with van der Waals surface area (Å²) in [6.07, 6.45) is 4.18. The van der Waals surface area contributed by atoms with Gasteiger partial charge in [0, 0.05) is 31.6 Å². The van der Waals surface area contributed by atoms with Gasteiger partial charge in [0.2, 0.25) is 0 Å². The van der Waals surface area contributed by atoms with Gasteiger partial charge >= 0.3 is 0 Å². The molecule has 0 bridgehead atoms. The fourth-order valence-electron chi connectivity index (χ4n) is 4.00. The number of rotatable bonds is 6. The minimum atomic E-state index is -0.0634. The molecule has 1 aliphatic rings. The Hall–Kier alpha value is -2.50. The van der Waals surface area contributed by atoms with Crippen LogP contribution >= 0.6 is 0 Å². The third-order valence-electron chi connectivity index (χ3n) is 6.02. The zero-order valence-corrected chi connectivity index (χ0v) is 19.2. The van der Waals surface area contributed by atoms with E-state index >= 15 is 0 Å². The third kappa shape index (κ3) is 5.15. The number of benzene rings is 1. The first-order chi connectivity index (χ1) is 14.2. The molecule has 1 aromatic heterocycles. The SMILES string of the molecule is COc1cc(CCC2CCN(C(=O)c3cc(C(C)(C)C)nn3C)CC2)cc(OC)c1. The summed E-state index contributed by atoms with van der Waals surface area (Å²) in [5.41, 5.74) is 2.81. The molecule has 1 saturated heterocycles. The molecule has 3 rings (SSSR count). The quantitative estimate of drug-likeness (QED) is 0.711. The van der Waals surface area contributed by atoms with Gasteiger partial charge in [-0.25, -0.2) is 0 Å². The first-order valence-electron chi connectivity index (χ1n) is 10.8. The standard InChI is InChI=1S/C24H35N3O3/c1-24(2,3)22-16-21(26(4)25-22)23(28)27-11-9-17(10-12-27)7-8-18-13-19(29-5)15-20(14-18)30-6/h13-17H,7-12H2,1-6H3. The Balaban J connectivity index is 1.55. The molecule has 1 fully saturated rings. The van der Waals surface area contributed by atoms with Crippen molar-refractivity contribution in [3.05, 3.63) is 41.2 Å². The maximum absolute atomic E-state index is 13.0. The largest absolute Gasteiger partial charge is 0.497 e. The molecule has 30 heavy (non-hydrogen) atoms. The Morgan fingerprint density at radius 3 is 2.17 bits per heavy atom. The Morgan fingerprint density at radius 1 is 1.07 bits per heavy atom. The molecular formula is C24H35N3O3. The minimum Gasteiger partial charge on any atom is -0.497 e. The molecule has 2 aromatic rings. The van der Waals surface area contributed by atoms with Gasteiger partial charge in [0.1, 0.15) is 17.2 Å². The maximum atomic E-state index is 13.0. The number of ether oxygens (including phenoxy) is 2. The number of methoxy groups -OCH3 is 2. The van der Waals surface area contributed by atoms with E-state index in [9.17, 15) is 4.79 Å². The summed E-state index contributed by atoms with van der Waals surface area (Å²) >= 11 is 0. The zero-order valence-electron chi connectivity index (χ0n) is 19.2. The molecule has 1 aromatic carbocycles. The lowest BCUT2D eigenvalue weighted by molar-refractivity contribution is 0.0675. The molecule has 0 spiro atoms. The number of hydrogen-bond acceptors (Lipinski definition) is 4. The van der Waals surface area contributed by atoms with Crippen molar-refractivity contribution in [2.75, 3.05) is 27.3 Å². The van der Waals surface area contributed by atoms with Crippen molar-refractivity contribution in [1.29, 1.82) is 0 Å². The third-order valence-corrected chi connectivity index (χ3v) is 6.02. The number of aryl methyl sites for hydroxylation is 2. The van der Waals surface area contributed by atoms with Crippen LogP contribution in [0.15, 0.2) is 24.3 Å². The van der Waals surface area contributed by atoms with Gasteiger partial charge in [-0.2, -0.15) is 5.10 Å². The molecule has 0 radical (unpaired) electrons. The summed E-state index contributed by atoms with van der Waals surface area (Å²) in [4.78, 5) is 15.0. The van der Waals surface area contributed by atoms with Crippen LogP contribution in [0, 0.1) is 5.92 Å². The van der Waals surface area contributed by atoms with E-state index in [1.165, 1.54) is 5.56 Å². The highest BCUT2D eigenvalue weighted by Gasteiger charge is 2.27. The molecule has 164 valence electrons. The van der Waals surface area contributed by atoms with Gasteiger partial charge in [0.15, 0.2) is 0 Å². The van der Waals surface area contributed by atoms with E-state index < -0.39 is 0 Å². The lowest BCUT2D eigenvalue weighted by atomic mass is 9.90. The molecule has 1 amide bonds. The van der Waals surface area contributed by atoms with Crippen molar-refractivity contribution in [2.45, 2.75) is 51.9 Å². The van der Waals surface area contributed by atoms with Crippen LogP contribution in [-0.2, 0) is 18.9 Å². The van der Waals surface area contributed by atoms with Gasteiger partial charge in [-0.3, -0.25) is 9.48 Å². The normalized spacial score (nSPS) is 15.3. The number of amides is 1. The van der Waals surface area contributed by atoms with E-state index in [4.69, 9.17) is 9.47 Å². The highest BCUT2D eigenvalue weighted by Crippen LogP contribution is 2.28. The molecule has 0 aliphatic carbocycles. The summed E-state index contributed by atoms with van der Waals surface area (Å²) in [7, 11) is 5.22. The molecule has 6 nitrogen and oxygen atoms in total. The number of carbonyl (C=O) groups is 1. The molecule has 0 N–H and O–H groups in total. The van der Waals surface area contributed by atoms with Crippen molar-refractivity contribution in [3.8, 4) is 11.5 Å². The summed E-state index contributed by atoms with van der Waals surface area (Å²) in [6.45, 7) is 7.97. The monoisotopic (exact) mass is 413 g/mol. The predicted molar refractivity (Wildman–Crippen MR) is 118 cm³/mol. The van der Waals surface area contributed by atoms with E-state index in [0.717, 1.165) is 56.0 Å². The summed E-state index contributed by atoms with van der Waals surface area (Å²) < 4.78 is 12.5. The van der Waals surface area contributed by atoms with Crippen molar-refractivity contribution >= 4 is 5.91 Å². The Labute approximate surface area is 180 Å². The number of aromatic nitrogens is 2. The smallest absolute Gasteiger partial charge is 0.272 e. The first-order valence-corrected chi connectivity index (χ1v) is 10.8. The minimum absolute atomic E-state index is 0.0634. The summed E-state index contributed by atoms with van der Waals surface area (Å²) in [5.74, 6) is 2.38. The number of nitrogens with zero attached hydrogens (tertiary/aromatic N) is 3. The van der Waals surface area contributed by atoms with Gasteiger partial charge in [0.05, 0.1) is 19.9 Å². The summed E-state index contributed by atoms with van der Waals surface area (Å²) in [5, 5.41) is 4.55. The fourth-order valence-corrected chi connectivity index (χ4v) is 4.00. The van der Waals surface area contributed by atoms with Crippen LogP contribution < -0.4 is 9.47 Å². The average molecular weight is 414 g/mol. The van der Waals surface area contributed by atoms with Gasteiger partial charge in [0.25, 0.3) is 5.91 Å². The highest BCUT2D eigenvalue weighted by molar-refractivity contribution is 5.92. The van der Waals surface area contributed by atoms with Crippen LogP contribution in [0.3, 0.4) is 0 Å². The number of piperidine rings is 1. The Kier molecular flexibility index (Phi) is 6.74. The second-order valence-corrected chi connectivity index (χ2v) is 9.28. The highest BCUT2D eigenvalue weighted by atomic mass is 16.5. The molecule has 0 saturated carbocycles. The van der Waals surface area contributed by atoms with Crippen molar-refractivity contribution in [2.24, 2.45) is 13.0 Å². The topological polar surface area (TPSA) is 56.6 Å². The fraction of sp³-hybridized carbons (Fsp3) is 0.583. The van der Waals surface area contributed by atoms with Gasteiger partial charge in [-0.15, -0.1) is 0 Å². The van der Waals surface area contributed by atoms with E-state index in [1.54, 1.807) is 18.9 Å². The number of hydrogen-bond donors (Lipinski definition) is 0. The van der Waals surface area contributed by atoms with Crippen molar-refractivity contribution in [3.63, 3.8) is 0 Å². The van der Waals surface area contributed by atoms with Gasteiger partial charge < -0.3 is 14.4 Å². The molecule has 2 heterocycles. The van der Waals surface area contributed by atoms with E-state index in [-0.39, 0.29) is 11.3 Å². The van der Waals surface area contributed by atoms with Crippen molar-refractivity contribution in [1.82, 2.24) is 14.7 Å². The Morgan fingerprint density at radius 2 is 1.67 bits per heavy atom. The lowest BCUT2D eigenvalue weighted by Crippen LogP contribution is -2.39. The Bertz CT molecular complexity index is 852. The maximum Gasteiger partial charge on any atom is 0.272 e. The number of carbonyl (C=O) groups excluding carboxylic acids is 1. The average Bonchev–Trinajstić information content (AvgIpc) is 3.14. The molecule has 1 aliphatic heterocycles. The molecule has 0 atom stereocenters. The van der Waals surface area contributed by atoms with E-state index in [1.807, 2.05) is 24.1 Å². The van der Waals surface area contributed by atoms with E-state index in [2.05, 4.69) is 38.0 Å². The van der Waals surface area contributed by atoms with Crippen LogP contribution in [0.4, 0.5) is 0 Å². The van der Waals surface area contributed by atoms with Crippen LogP contribution in [0.2, 0.25) is 0 Å². The van der Waals surface area contributed by atoms with Crippen LogP contribution in [0.1, 0.15) is 61.8 Å². The van der Waals surface area contributed by atoms with Crippen LogP contribution in [0.25, 0.3) is 0 Å². The second-order valence-electron chi connectivity index (χ2n) is 9.28. The molecule has 0 unspecified atom stereocenters. The summed E-state index contributed by atoms with van der Waals surface area (Å²) in [6, 6.07) is 8.01. The van der Waals surface area contributed by atoms with Gasteiger partial charge in [-0.05, 0) is 55.4 Å². The van der Waals surface area contributed by atoms with Crippen molar-refractivity contribution < 1.29 is 14.3 Å². The van der Waals surface area contributed by atoms with E-state index in [0.29, 0.717) is 11.6 Å².